The maximum absolute atomic E-state index is 13.0. The summed E-state index contributed by atoms with van der Waals surface area (Å²) in [6.45, 7) is 4.65. The minimum absolute atomic E-state index is 0.0646. The van der Waals surface area contributed by atoms with Gasteiger partial charge in [0.2, 0.25) is 0 Å². The number of nitrogens with zero attached hydrogens (tertiary/aromatic N) is 3. The molecule has 0 aliphatic carbocycles. The molecule has 3 rings (SSSR count). The molecule has 0 saturated carbocycles. The molecule has 0 radical (unpaired) electrons. The van der Waals surface area contributed by atoms with Crippen LogP contribution in [-0.4, -0.2) is 64.0 Å². The molecule has 0 bridgehead atoms. The van der Waals surface area contributed by atoms with Crippen LogP contribution in [0.15, 0.2) is 29.8 Å². The maximum Gasteiger partial charge on any atom is 0.295 e. The Labute approximate surface area is 175 Å². The van der Waals surface area contributed by atoms with Crippen molar-refractivity contribution in [3.05, 3.63) is 57.4 Å². The van der Waals surface area contributed by atoms with Crippen molar-refractivity contribution in [1.82, 2.24) is 20.0 Å². The number of benzene rings is 1. The summed E-state index contributed by atoms with van der Waals surface area (Å²) >= 11 is 6.18. The Balaban J connectivity index is 2.13. The second kappa shape index (κ2) is 8.39. The molecule has 7 nitrogen and oxygen atoms in total. The van der Waals surface area contributed by atoms with E-state index in [4.69, 9.17) is 11.6 Å². The average Bonchev–Trinajstić information content (AvgIpc) is 3.12. The number of aromatic nitrogens is 2. The van der Waals surface area contributed by atoms with Gasteiger partial charge in [0.15, 0.2) is 0 Å². The number of likely N-dealkylation sites (tertiary alicyclic amines) is 1. The van der Waals surface area contributed by atoms with Gasteiger partial charge in [-0.05, 0) is 58.6 Å². The van der Waals surface area contributed by atoms with Crippen LogP contribution in [0.2, 0.25) is 5.02 Å². The van der Waals surface area contributed by atoms with Gasteiger partial charge in [-0.25, -0.2) is 0 Å². The summed E-state index contributed by atoms with van der Waals surface area (Å²) in [6, 6.07) is 6.33. The lowest BCUT2D eigenvalue weighted by atomic mass is 9.94. The SMILES string of the molecule is Cc1n[nH]c(C)c1/C(O)=C1\C(=O)C(=O)N(CCCN(C)C)C1c1cccc(Cl)c1. The van der Waals surface area contributed by atoms with Crippen molar-refractivity contribution in [3.8, 4) is 0 Å². The van der Waals surface area contributed by atoms with E-state index in [0.717, 1.165) is 6.54 Å². The molecule has 2 aromatic rings. The lowest BCUT2D eigenvalue weighted by Crippen LogP contribution is -2.32. The van der Waals surface area contributed by atoms with E-state index < -0.39 is 17.7 Å². The van der Waals surface area contributed by atoms with E-state index >= 15 is 0 Å². The zero-order valence-electron chi connectivity index (χ0n) is 17.0. The second-order valence-corrected chi connectivity index (χ2v) is 7.95. The Morgan fingerprint density at radius 1 is 1.31 bits per heavy atom. The monoisotopic (exact) mass is 416 g/mol. The first-order valence-corrected chi connectivity index (χ1v) is 9.80. The van der Waals surface area contributed by atoms with E-state index in [1.54, 1.807) is 32.0 Å². The van der Waals surface area contributed by atoms with Crippen LogP contribution in [0, 0.1) is 13.8 Å². The van der Waals surface area contributed by atoms with Crippen LogP contribution in [0.4, 0.5) is 0 Å². The first-order valence-electron chi connectivity index (χ1n) is 9.43. The van der Waals surface area contributed by atoms with Crippen molar-refractivity contribution in [1.29, 1.82) is 0 Å². The molecule has 1 saturated heterocycles. The van der Waals surface area contributed by atoms with E-state index in [-0.39, 0.29) is 11.3 Å². The molecule has 154 valence electrons. The lowest BCUT2D eigenvalue weighted by molar-refractivity contribution is -0.139. The van der Waals surface area contributed by atoms with Crippen molar-refractivity contribution in [2.24, 2.45) is 0 Å². The molecule has 1 aromatic carbocycles. The molecule has 2 heterocycles. The van der Waals surface area contributed by atoms with Gasteiger partial charge in [0.25, 0.3) is 11.7 Å². The Bertz CT molecular complexity index is 961. The average molecular weight is 417 g/mol. The summed E-state index contributed by atoms with van der Waals surface area (Å²) in [7, 11) is 3.90. The van der Waals surface area contributed by atoms with Gasteiger partial charge in [-0.3, -0.25) is 14.7 Å². The third-order valence-corrected chi connectivity index (χ3v) is 5.31. The number of aliphatic hydroxyl groups excluding tert-OH is 1. The number of H-pyrrole nitrogens is 1. The van der Waals surface area contributed by atoms with Gasteiger partial charge in [0.1, 0.15) is 5.76 Å². The molecular formula is C21H25ClN4O3. The molecule has 8 heteroatoms. The molecule has 1 aliphatic rings. The topological polar surface area (TPSA) is 89.5 Å². The molecule has 1 amide bonds. The van der Waals surface area contributed by atoms with Gasteiger partial charge in [0, 0.05) is 17.3 Å². The second-order valence-electron chi connectivity index (χ2n) is 7.51. The van der Waals surface area contributed by atoms with Crippen molar-refractivity contribution in [2.45, 2.75) is 26.3 Å². The largest absolute Gasteiger partial charge is 0.507 e. The summed E-state index contributed by atoms with van der Waals surface area (Å²) in [5.74, 6) is -1.53. The van der Waals surface area contributed by atoms with E-state index in [0.29, 0.717) is 40.5 Å². The fraction of sp³-hybridized carbons (Fsp3) is 0.381. The standard InChI is InChI=1S/C21H25ClN4O3/c1-12-16(13(2)24-23-12)19(27)17-18(14-7-5-8-15(22)11-14)26(21(29)20(17)28)10-6-9-25(3)4/h5,7-8,11,18,27H,6,9-10H2,1-4H3,(H,23,24)/b19-17+. The number of ketones is 1. The van der Waals surface area contributed by atoms with Crippen molar-refractivity contribution in [3.63, 3.8) is 0 Å². The molecule has 29 heavy (non-hydrogen) atoms. The van der Waals surface area contributed by atoms with Gasteiger partial charge in [-0.1, -0.05) is 23.7 Å². The number of hydrogen-bond acceptors (Lipinski definition) is 5. The van der Waals surface area contributed by atoms with Crippen molar-refractivity contribution < 1.29 is 14.7 Å². The highest BCUT2D eigenvalue weighted by molar-refractivity contribution is 6.46. The Morgan fingerprint density at radius 2 is 2.03 bits per heavy atom. The van der Waals surface area contributed by atoms with Gasteiger partial charge in [-0.2, -0.15) is 5.10 Å². The highest BCUT2D eigenvalue weighted by atomic mass is 35.5. The van der Waals surface area contributed by atoms with E-state index in [1.807, 2.05) is 25.1 Å². The number of carbonyl (C=O) groups is 2. The molecule has 0 spiro atoms. The fourth-order valence-corrected chi connectivity index (χ4v) is 3.92. The highest BCUT2D eigenvalue weighted by Gasteiger charge is 2.46. The minimum atomic E-state index is -0.704. The van der Waals surface area contributed by atoms with Crippen LogP contribution >= 0.6 is 11.6 Å². The summed E-state index contributed by atoms with van der Waals surface area (Å²) in [6.07, 6.45) is 0.695. The summed E-state index contributed by atoms with van der Waals surface area (Å²) in [5, 5.41) is 18.5. The zero-order chi connectivity index (χ0) is 21.3. The van der Waals surface area contributed by atoms with E-state index in [9.17, 15) is 14.7 Å². The summed E-state index contributed by atoms with van der Waals surface area (Å²) in [5.41, 5.74) is 2.38. The maximum atomic E-state index is 13.0. The van der Waals surface area contributed by atoms with Gasteiger partial charge in [-0.15, -0.1) is 0 Å². The van der Waals surface area contributed by atoms with Crippen LogP contribution < -0.4 is 0 Å². The summed E-state index contributed by atoms with van der Waals surface area (Å²) in [4.78, 5) is 29.4. The first kappa shape index (κ1) is 21.1. The Kier molecular flexibility index (Phi) is 6.10. The van der Waals surface area contributed by atoms with Crippen LogP contribution in [-0.2, 0) is 9.59 Å². The molecule has 1 aliphatic heterocycles. The van der Waals surface area contributed by atoms with Crippen LogP contribution in [0.1, 0.15) is 35.0 Å². The number of nitrogens with one attached hydrogen (secondary N) is 1. The minimum Gasteiger partial charge on any atom is -0.507 e. The van der Waals surface area contributed by atoms with Crippen LogP contribution in [0.25, 0.3) is 5.76 Å². The van der Waals surface area contributed by atoms with Crippen LogP contribution in [0.3, 0.4) is 0 Å². The van der Waals surface area contributed by atoms with Gasteiger partial charge >= 0.3 is 0 Å². The quantitative estimate of drug-likeness (QED) is 0.429. The third-order valence-electron chi connectivity index (χ3n) is 5.07. The first-order chi connectivity index (χ1) is 13.7. The number of aryl methyl sites for hydroxylation is 2. The number of Topliss-reactive ketones (excluding diaryl/α,β-unsaturated/α-hetero) is 1. The number of halogens is 1. The Hall–Kier alpha value is -2.64. The van der Waals surface area contributed by atoms with Crippen molar-refractivity contribution in [2.75, 3.05) is 27.2 Å². The smallest absolute Gasteiger partial charge is 0.295 e. The molecular weight excluding hydrogens is 392 g/mol. The lowest BCUT2D eigenvalue weighted by Gasteiger charge is -2.26. The normalized spacial score (nSPS) is 18.8. The molecule has 2 N–H and O–H groups in total. The third kappa shape index (κ3) is 4.06. The van der Waals surface area contributed by atoms with E-state index in [2.05, 4.69) is 10.2 Å². The number of carbonyl (C=O) groups excluding carboxylic acids is 2. The Morgan fingerprint density at radius 3 is 2.62 bits per heavy atom. The summed E-state index contributed by atoms with van der Waals surface area (Å²) < 4.78 is 0. The number of aromatic amines is 1. The molecule has 1 atom stereocenters. The fourth-order valence-electron chi connectivity index (χ4n) is 3.73. The number of hydrogen-bond donors (Lipinski definition) is 2. The number of aliphatic hydroxyl groups is 1. The predicted octanol–water partition coefficient (Wildman–Crippen LogP) is 3.05. The number of amides is 1. The van der Waals surface area contributed by atoms with Crippen LogP contribution in [0.5, 0.6) is 0 Å². The predicted molar refractivity (Wildman–Crippen MR) is 112 cm³/mol. The zero-order valence-corrected chi connectivity index (χ0v) is 17.7. The van der Waals surface area contributed by atoms with E-state index in [1.165, 1.54) is 4.90 Å². The van der Waals surface area contributed by atoms with Crippen molar-refractivity contribution >= 4 is 29.1 Å². The molecule has 1 unspecified atom stereocenters. The van der Waals surface area contributed by atoms with Gasteiger partial charge in [0.05, 0.1) is 22.9 Å². The molecule has 1 fully saturated rings. The molecule has 1 aromatic heterocycles. The number of rotatable bonds is 6. The highest BCUT2D eigenvalue weighted by Crippen LogP contribution is 2.40. The van der Waals surface area contributed by atoms with Gasteiger partial charge < -0.3 is 14.9 Å².